The van der Waals surface area contributed by atoms with E-state index in [0.29, 0.717) is 23.7 Å². The van der Waals surface area contributed by atoms with Crippen LogP contribution in [0, 0.1) is 17.0 Å². The van der Waals surface area contributed by atoms with Gasteiger partial charge in [0.25, 0.3) is 11.7 Å². The number of rotatable bonds is 5. The molecule has 0 aliphatic rings. The first-order valence-electron chi connectivity index (χ1n) is 6.32. The van der Waals surface area contributed by atoms with Crippen molar-refractivity contribution < 1.29 is 9.34 Å². The lowest BCUT2D eigenvalue weighted by atomic mass is 10.3. The highest BCUT2D eigenvalue weighted by Gasteiger charge is 2.11. The first kappa shape index (κ1) is 13.5. The van der Waals surface area contributed by atoms with Crippen LogP contribution in [0.15, 0.2) is 28.0 Å². The van der Waals surface area contributed by atoms with Gasteiger partial charge in [0.1, 0.15) is 5.52 Å². The van der Waals surface area contributed by atoms with Crippen LogP contribution in [0.3, 0.4) is 0 Å². The SMILES string of the molecule is Cc1nc(CCNc2nc3ccc([N+](=O)[O-])cc3o2)cs1. The highest BCUT2D eigenvalue weighted by molar-refractivity contribution is 7.09. The van der Waals surface area contributed by atoms with Crippen molar-refractivity contribution in [3.63, 3.8) is 0 Å². The first-order valence-corrected chi connectivity index (χ1v) is 7.19. The number of anilines is 1. The monoisotopic (exact) mass is 304 g/mol. The number of nitro groups is 1. The van der Waals surface area contributed by atoms with Gasteiger partial charge in [-0.15, -0.1) is 11.3 Å². The summed E-state index contributed by atoms with van der Waals surface area (Å²) in [6.45, 7) is 2.60. The van der Waals surface area contributed by atoms with Gasteiger partial charge in [-0.1, -0.05) is 0 Å². The number of nitro benzene ring substituents is 1. The van der Waals surface area contributed by atoms with Gasteiger partial charge in [0.15, 0.2) is 5.58 Å². The number of thiazole rings is 1. The van der Waals surface area contributed by atoms with E-state index in [2.05, 4.69) is 15.3 Å². The van der Waals surface area contributed by atoms with Crippen molar-refractivity contribution >= 4 is 34.1 Å². The van der Waals surface area contributed by atoms with E-state index >= 15 is 0 Å². The van der Waals surface area contributed by atoms with Crippen LogP contribution < -0.4 is 5.32 Å². The number of nitrogens with one attached hydrogen (secondary N) is 1. The van der Waals surface area contributed by atoms with Crippen molar-refractivity contribution in [1.82, 2.24) is 9.97 Å². The number of aryl methyl sites for hydroxylation is 1. The predicted molar refractivity (Wildman–Crippen MR) is 79.7 cm³/mol. The zero-order valence-corrected chi connectivity index (χ0v) is 12.0. The van der Waals surface area contributed by atoms with Crippen molar-refractivity contribution in [2.45, 2.75) is 13.3 Å². The fourth-order valence-electron chi connectivity index (χ4n) is 1.92. The number of hydrogen-bond donors (Lipinski definition) is 1. The number of nitrogens with zero attached hydrogens (tertiary/aromatic N) is 3. The van der Waals surface area contributed by atoms with Crippen LogP contribution in [0.25, 0.3) is 11.1 Å². The second kappa shape index (κ2) is 5.49. The largest absolute Gasteiger partial charge is 0.423 e. The van der Waals surface area contributed by atoms with Crippen LogP contribution in [-0.4, -0.2) is 21.4 Å². The molecule has 2 heterocycles. The predicted octanol–water partition coefficient (Wildman–Crippen LogP) is 3.16. The van der Waals surface area contributed by atoms with E-state index in [1.54, 1.807) is 17.4 Å². The Morgan fingerprint density at radius 2 is 2.29 bits per heavy atom. The lowest BCUT2D eigenvalue weighted by Gasteiger charge is -1.98. The van der Waals surface area contributed by atoms with Crippen LogP contribution in [0.2, 0.25) is 0 Å². The molecule has 21 heavy (non-hydrogen) atoms. The highest BCUT2D eigenvalue weighted by Crippen LogP contribution is 2.23. The number of benzene rings is 1. The molecule has 0 aliphatic heterocycles. The summed E-state index contributed by atoms with van der Waals surface area (Å²) < 4.78 is 5.46. The summed E-state index contributed by atoms with van der Waals surface area (Å²) in [5, 5.41) is 16.8. The average Bonchev–Trinajstić information content (AvgIpc) is 3.03. The third kappa shape index (κ3) is 3.00. The Balaban J connectivity index is 1.68. The minimum Gasteiger partial charge on any atom is -0.423 e. The van der Waals surface area contributed by atoms with Gasteiger partial charge in [-0.3, -0.25) is 10.1 Å². The molecule has 0 radical (unpaired) electrons. The summed E-state index contributed by atoms with van der Waals surface area (Å²) in [4.78, 5) is 18.8. The Hall–Kier alpha value is -2.48. The average molecular weight is 304 g/mol. The summed E-state index contributed by atoms with van der Waals surface area (Å²) in [7, 11) is 0. The zero-order chi connectivity index (χ0) is 14.8. The number of hydrogen-bond acceptors (Lipinski definition) is 7. The molecule has 2 aromatic heterocycles. The Morgan fingerprint density at radius 1 is 1.43 bits per heavy atom. The summed E-state index contributed by atoms with van der Waals surface area (Å²) in [6, 6.07) is 4.72. The molecule has 1 aromatic carbocycles. The molecule has 0 unspecified atom stereocenters. The quantitative estimate of drug-likeness (QED) is 0.574. The van der Waals surface area contributed by atoms with E-state index in [1.807, 2.05) is 12.3 Å². The molecule has 0 fully saturated rings. The third-order valence-electron chi connectivity index (χ3n) is 2.91. The molecule has 0 amide bonds. The van der Waals surface area contributed by atoms with Gasteiger partial charge >= 0.3 is 0 Å². The Labute approximate surface area is 123 Å². The van der Waals surface area contributed by atoms with Crippen molar-refractivity contribution in [2.75, 3.05) is 11.9 Å². The summed E-state index contributed by atoms with van der Waals surface area (Å²) in [6.07, 6.45) is 0.767. The molecule has 0 atom stereocenters. The molecule has 0 saturated carbocycles. The van der Waals surface area contributed by atoms with Crippen molar-refractivity contribution in [1.29, 1.82) is 0 Å². The van der Waals surface area contributed by atoms with Crippen LogP contribution in [0.1, 0.15) is 10.7 Å². The molecule has 8 heteroatoms. The molecule has 108 valence electrons. The minimum atomic E-state index is -0.459. The normalized spacial score (nSPS) is 10.9. The smallest absolute Gasteiger partial charge is 0.295 e. The summed E-state index contributed by atoms with van der Waals surface area (Å²) in [5.74, 6) is 0. The molecular formula is C13H12N4O3S. The van der Waals surface area contributed by atoms with Gasteiger partial charge in [0.05, 0.1) is 21.7 Å². The Morgan fingerprint density at radius 3 is 3.00 bits per heavy atom. The number of fused-ring (bicyclic) bond motifs is 1. The first-order chi connectivity index (χ1) is 10.1. The molecule has 7 nitrogen and oxygen atoms in total. The number of non-ortho nitro benzene ring substituents is 1. The van der Waals surface area contributed by atoms with Gasteiger partial charge < -0.3 is 9.73 Å². The lowest BCUT2D eigenvalue weighted by molar-refractivity contribution is -0.384. The molecule has 0 saturated heterocycles. The molecule has 0 spiro atoms. The Kier molecular flexibility index (Phi) is 3.53. The van der Waals surface area contributed by atoms with Gasteiger partial charge in [-0.05, 0) is 13.0 Å². The Bertz CT molecular complexity index is 796. The van der Waals surface area contributed by atoms with Crippen LogP contribution >= 0.6 is 11.3 Å². The van der Waals surface area contributed by atoms with Gasteiger partial charge in [-0.2, -0.15) is 4.98 Å². The van der Waals surface area contributed by atoms with Crippen LogP contribution in [-0.2, 0) is 6.42 Å². The van der Waals surface area contributed by atoms with E-state index in [0.717, 1.165) is 17.1 Å². The molecule has 3 rings (SSSR count). The zero-order valence-electron chi connectivity index (χ0n) is 11.2. The van der Waals surface area contributed by atoms with Crippen LogP contribution in [0.5, 0.6) is 0 Å². The third-order valence-corrected chi connectivity index (χ3v) is 3.73. The van der Waals surface area contributed by atoms with Crippen molar-refractivity contribution in [3.05, 3.63) is 44.4 Å². The summed E-state index contributed by atoms with van der Waals surface area (Å²) in [5.41, 5.74) is 2.00. The maximum atomic E-state index is 10.7. The van der Waals surface area contributed by atoms with E-state index in [-0.39, 0.29) is 5.69 Å². The van der Waals surface area contributed by atoms with Crippen molar-refractivity contribution in [3.8, 4) is 0 Å². The number of oxazole rings is 1. The fraction of sp³-hybridized carbons (Fsp3) is 0.231. The maximum absolute atomic E-state index is 10.7. The molecule has 3 aromatic rings. The fourth-order valence-corrected chi connectivity index (χ4v) is 2.57. The van der Waals surface area contributed by atoms with Crippen molar-refractivity contribution in [2.24, 2.45) is 0 Å². The number of aromatic nitrogens is 2. The van der Waals surface area contributed by atoms with Gasteiger partial charge in [-0.25, -0.2) is 4.98 Å². The second-order valence-electron chi connectivity index (χ2n) is 4.46. The second-order valence-corrected chi connectivity index (χ2v) is 5.53. The summed E-state index contributed by atoms with van der Waals surface area (Å²) >= 11 is 1.62. The van der Waals surface area contributed by atoms with Gasteiger partial charge in [0.2, 0.25) is 0 Å². The maximum Gasteiger partial charge on any atom is 0.295 e. The van der Waals surface area contributed by atoms with E-state index in [4.69, 9.17) is 4.42 Å². The standard InChI is InChI=1S/C13H12N4O3S/c1-8-15-9(7-21-8)4-5-14-13-16-11-3-2-10(17(18)19)6-12(11)20-13/h2-3,6-7H,4-5H2,1H3,(H,14,16). The van der Waals surface area contributed by atoms with Crippen LogP contribution in [0.4, 0.5) is 11.7 Å². The lowest BCUT2D eigenvalue weighted by Crippen LogP contribution is -2.05. The van der Waals surface area contributed by atoms with Gasteiger partial charge in [0, 0.05) is 24.4 Å². The molecular weight excluding hydrogens is 292 g/mol. The topological polar surface area (TPSA) is 94.1 Å². The minimum absolute atomic E-state index is 0.0110. The van der Waals surface area contributed by atoms with E-state index in [9.17, 15) is 10.1 Å². The molecule has 0 bridgehead atoms. The molecule has 1 N–H and O–H groups in total. The molecule has 0 aliphatic carbocycles. The highest BCUT2D eigenvalue weighted by atomic mass is 32.1. The van der Waals surface area contributed by atoms with E-state index in [1.165, 1.54) is 12.1 Å². The van der Waals surface area contributed by atoms with E-state index < -0.39 is 4.92 Å².